The Labute approximate surface area is 90.7 Å². The molecule has 0 heterocycles. The number of nitrogens with two attached hydrogens (primary N) is 1. The smallest absolute Gasteiger partial charge is 0.226 e. The molecular weight excluding hydrogens is 188 g/mol. The minimum atomic E-state index is -0.464. The fraction of sp³-hybridized carbons (Fsp3) is 0.417. The lowest BCUT2D eigenvalue weighted by Crippen LogP contribution is -2.36. The zero-order valence-corrected chi connectivity index (χ0v) is 9.50. The molecule has 82 valence electrons. The fourth-order valence-corrected chi connectivity index (χ4v) is 1.34. The molecule has 0 radical (unpaired) electrons. The van der Waals surface area contributed by atoms with E-state index in [0.29, 0.717) is 6.42 Å². The molecule has 0 saturated heterocycles. The van der Waals surface area contributed by atoms with Gasteiger partial charge < -0.3 is 11.1 Å². The Morgan fingerprint density at radius 3 is 2.67 bits per heavy atom. The highest BCUT2D eigenvalue weighted by Gasteiger charge is 2.16. The van der Waals surface area contributed by atoms with Gasteiger partial charge in [0.05, 0.1) is 0 Å². The van der Waals surface area contributed by atoms with Crippen molar-refractivity contribution in [2.75, 3.05) is 5.32 Å². The maximum absolute atomic E-state index is 11.5. The molecule has 1 aromatic rings. The molecule has 0 aliphatic heterocycles. The minimum Gasteiger partial charge on any atom is -0.326 e. The highest BCUT2D eigenvalue weighted by Crippen LogP contribution is 2.11. The summed E-state index contributed by atoms with van der Waals surface area (Å²) in [6, 6.07) is 7.71. The van der Waals surface area contributed by atoms with E-state index in [1.807, 2.05) is 45.0 Å². The van der Waals surface area contributed by atoms with Crippen molar-refractivity contribution in [1.82, 2.24) is 0 Å². The molecule has 0 aliphatic rings. The van der Waals surface area contributed by atoms with Crippen molar-refractivity contribution in [3.8, 4) is 0 Å². The molecule has 0 atom stereocenters. The van der Waals surface area contributed by atoms with Crippen LogP contribution in [0.2, 0.25) is 0 Å². The van der Waals surface area contributed by atoms with Crippen LogP contribution in [0.3, 0.4) is 0 Å². The second-order valence-corrected chi connectivity index (χ2v) is 4.58. The van der Waals surface area contributed by atoms with Crippen LogP contribution in [-0.2, 0) is 4.79 Å². The molecule has 0 aromatic heterocycles. The molecule has 0 fully saturated rings. The number of aryl methyl sites for hydroxylation is 1. The van der Waals surface area contributed by atoms with Crippen molar-refractivity contribution in [3.05, 3.63) is 29.8 Å². The molecule has 3 heteroatoms. The van der Waals surface area contributed by atoms with Crippen LogP contribution in [0.4, 0.5) is 5.69 Å². The summed E-state index contributed by atoms with van der Waals surface area (Å²) in [5.74, 6) is -0.0481. The number of amides is 1. The van der Waals surface area contributed by atoms with Gasteiger partial charge in [-0.05, 0) is 38.5 Å². The summed E-state index contributed by atoms with van der Waals surface area (Å²) in [7, 11) is 0. The van der Waals surface area contributed by atoms with E-state index in [4.69, 9.17) is 5.73 Å². The molecule has 15 heavy (non-hydrogen) atoms. The van der Waals surface area contributed by atoms with Gasteiger partial charge in [0, 0.05) is 17.6 Å². The number of benzene rings is 1. The summed E-state index contributed by atoms with van der Waals surface area (Å²) in [6.45, 7) is 5.66. The average molecular weight is 206 g/mol. The van der Waals surface area contributed by atoms with E-state index in [1.165, 1.54) is 0 Å². The Morgan fingerprint density at radius 2 is 2.13 bits per heavy atom. The number of rotatable bonds is 3. The number of nitrogens with one attached hydrogen (secondary N) is 1. The lowest BCUT2D eigenvalue weighted by Gasteiger charge is -2.17. The third-order valence-corrected chi connectivity index (χ3v) is 1.92. The molecule has 1 amide bonds. The second-order valence-electron chi connectivity index (χ2n) is 4.58. The van der Waals surface area contributed by atoms with Crippen LogP contribution in [0, 0.1) is 6.92 Å². The summed E-state index contributed by atoms with van der Waals surface area (Å²) >= 11 is 0. The lowest BCUT2D eigenvalue weighted by atomic mass is 10.0. The van der Waals surface area contributed by atoms with E-state index in [-0.39, 0.29) is 5.91 Å². The molecule has 3 nitrogen and oxygen atoms in total. The standard InChI is InChI=1S/C12H18N2O/c1-9-5-4-6-10(7-9)14-11(15)8-12(2,3)13/h4-7H,8,13H2,1-3H3,(H,14,15). The Morgan fingerprint density at radius 1 is 1.47 bits per heavy atom. The van der Waals surface area contributed by atoms with Crippen LogP contribution in [-0.4, -0.2) is 11.4 Å². The predicted octanol–water partition coefficient (Wildman–Crippen LogP) is 2.06. The van der Waals surface area contributed by atoms with E-state index in [9.17, 15) is 4.79 Å². The topological polar surface area (TPSA) is 55.1 Å². The van der Waals surface area contributed by atoms with Crippen LogP contribution >= 0.6 is 0 Å². The van der Waals surface area contributed by atoms with Gasteiger partial charge in [0.25, 0.3) is 0 Å². The molecule has 1 aromatic carbocycles. The summed E-state index contributed by atoms with van der Waals surface area (Å²) in [6.07, 6.45) is 0.320. The summed E-state index contributed by atoms with van der Waals surface area (Å²) in [4.78, 5) is 11.5. The Hall–Kier alpha value is -1.35. The lowest BCUT2D eigenvalue weighted by molar-refractivity contribution is -0.117. The number of hydrogen-bond donors (Lipinski definition) is 2. The van der Waals surface area contributed by atoms with Gasteiger partial charge in [0.1, 0.15) is 0 Å². The van der Waals surface area contributed by atoms with Gasteiger partial charge in [0.2, 0.25) is 5.91 Å². The first-order chi connectivity index (χ1) is 6.87. The quantitative estimate of drug-likeness (QED) is 0.795. The van der Waals surface area contributed by atoms with Crippen molar-refractivity contribution in [2.45, 2.75) is 32.7 Å². The SMILES string of the molecule is Cc1cccc(NC(=O)CC(C)(C)N)c1. The van der Waals surface area contributed by atoms with E-state index in [1.54, 1.807) is 0 Å². The van der Waals surface area contributed by atoms with Gasteiger partial charge in [-0.1, -0.05) is 12.1 Å². The molecule has 1 rings (SSSR count). The first-order valence-electron chi connectivity index (χ1n) is 5.02. The Bertz CT molecular complexity index is 353. The summed E-state index contributed by atoms with van der Waals surface area (Å²) < 4.78 is 0. The highest BCUT2D eigenvalue weighted by molar-refractivity contribution is 5.91. The number of carbonyl (C=O) groups is 1. The third kappa shape index (κ3) is 4.61. The number of hydrogen-bond acceptors (Lipinski definition) is 2. The molecule has 0 bridgehead atoms. The van der Waals surface area contributed by atoms with E-state index < -0.39 is 5.54 Å². The first kappa shape index (κ1) is 11.7. The minimum absolute atomic E-state index is 0.0481. The van der Waals surface area contributed by atoms with Crippen LogP contribution in [0.25, 0.3) is 0 Å². The zero-order valence-electron chi connectivity index (χ0n) is 9.50. The van der Waals surface area contributed by atoms with Gasteiger partial charge in [-0.3, -0.25) is 4.79 Å². The summed E-state index contributed by atoms with van der Waals surface area (Å²) in [5, 5.41) is 2.82. The van der Waals surface area contributed by atoms with Gasteiger partial charge in [-0.15, -0.1) is 0 Å². The van der Waals surface area contributed by atoms with Crippen molar-refractivity contribution < 1.29 is 4.79 Å². The molecule has 0 saturated carbocycles. The average Bonchev–Trinajstić information content (AvgIpc) is 1.99. The van der Waals surface area contributed by atoms with Crippen LogP contribution < -0.4 is 11.1 Å². The number of carbonyl (C=O) groups excluding carboxylic acids is 1. The van der Waals surface area contributed by atoms with Gasteiger partial charge in [-0.25, -0.2) is 0 Å². The van der Waals surface area contributed by atoms with Gasteiger partial charge in [0.15, 0.2) is 0 Å². The fourth-order valence-electron chi connectivity index (χ4n) is 1.34. The maximum Gasteiger partial charge on any atom is 0.226 e. The van der Waals surface area contributed by atoms with Crippen molar-refractivity contribution in [1.29, 1.82) is 0 Å². The molecule has 0 aliphatic carbocycles. The molecule has 0 unspecified atom stereocenters. The largest absolute Gasteiger partial charge is 0.326 e. The summed E-state index contributed by atoms with van der Waals surface area (Å²) in [5.41, 5.74) is 7.24. The van der Waals surface area contributed by atoms with E-state index in [2.05, 4.69) is 5.32 Å². The van der Waals surface area contributed by atoms with Gasteiger partial charge in [-0.2, -0.15) is 0 Å². The zero-order chi connectivity index (χ0) is 11.5. The predicted molar refractivity (Wildman–Crippen MR) is 62.7 cm³/mol. The molecule has 0 spiro atoms. The van der Waals surface area contributed by atoms with Gasteiger partial charge >= 0.3 is 0 Å². The van der Waals surface area contributed by atoms with Crippen molar-refractivity contribution in [2.24, 2.45) is 5.73 Å². The molecular formula is C12H18N2O. The first-order valence-corrected chi connectivity index (χ1v) is 5.02. The van der Waals surface area contributed by atoms with E-state index in [0.717, 1.165) is 11.3 Å². The normalized spacial score (nSPS) is 11.2. The van der Waals surface area contributed by atoms with Crippen molar-refractivity contribution >= 4 is 11.6 Å². The maximum atomic E-state index is 11.5. The Kier molecular flexibility index (Phi) is 3.48. The Balaban J connectivity index is 2.59. The second kappa shape index (κ2) is 4.45. The van der Waals surface area contributed by atoms with Crippen LogP contribution in [0.1, 0.15) is 25.8 Å². The highest BCUT2D eigenvalue weighted by atomic mass is 16.1. The van der Waals surface area contributed by atoms with Crippen LogP contribution in [0.15, 0.2) is 24.3 Å². The monoisotopic (exact) mass is 206 g/mol. The number of anilines is 1. The third-order valence-electron chi connectivity index (χ3n) is 1.92. The van der Waals surface area contributed by atoms with Crippen LogP contribution in [0.5, 0.6) is 0 Å². The molecule has 3 N–H and O–H groups in total. The van der Waals surface area contributed by atoms with Crippen molar-refractivity contribution in [3.63, 3.8) is 0 Å². The van der Waals surface area contributed by atoms with E-state index >= 15 is 0 Å².